The molecule has 1 aliphatic carbocycles. The molecule has 0 bridgehead atoms. The lowest BCUT2D eigenvalue weighted by atomic mass is 9.91. The topological polar surface area (TPSA) is 137 Å². The van der Waals surface area contributed by atoms with E-state index in [1.165, 1.54) is 12.1 Å². The van der Waals surface area contributed by atoms with Gasteiger partial charge in [-0.3, -0.25) is 4.55 Å². The Labute approximate surface area is 172 Å². The second kappa shape index (κ2) is 7.51. The zero-order chi connectivity index (χ0) is 21.5. The molecule has 8 nitrogen and oxygen atoms in total. The molecule has 0 atom stereocenters. The Morgan fingerprint density at radius 2 is 1.73 bits per heavy atom. The summed E-state index contributed by atoms with van der Waals surface area (Å²) in [4.78, 5) is 11.2. The Morgan fingerprint density at radius 1 is 1.00 bits per heavy atom. The fourth-order valence-corrected chi connectivity index (χ4v) is 4.75. The number of carbonyl (C=O) groups is 1. The molecule has 0 heterocycles. The second-order valence-corrected chi connectivity index (χ2v) is 8.44. The van der Waals surface area contributed by atoms with Crippen LogP contribution in [0.15, 0.2) is 57.6 Å². The van der Waals surface area contributed by atoms with Gasteiger partial charge in [-0.05, 0) is 54.3 Å². The van der Waals surface area contributed by atoms with E-state index < -0.39 is 21.8 Å². The molecule has 0 aromatic heterocycles. The standard InChI is InChI=1S/C21H18N2O6S/c24-19-16(21(25)26)11-13-6-2-3-7-14(13)18(19)23-22-17-10-9-12-5-1-4-8-15(12)20(17)30(27,28)29/h2-3,6-7,9-11,24H,1,4-5,8H2,(H,25,26)(H,27,28,29). The number of phenols is 1. The Balaban J connectivity index is 1.93. The van der Waals surface area contributed by atoms with Gasteiger partial charge in [0.2, 0.25) is 0 Å². The van der Waals surface area contributed by atoms with E-state index >= 15 is 0 Å². The third kappa shape index (κ3) is 3.53. The molecule has 0 fully saturated rings. The van der Waals surface area contributed by atoms with Gasteiger partial charge in [0.05, 0.1) is 0 Å². The van der Waals surface area contributed by atoms with Crippen LogP contribution < -0.4 is 0 Å². The number of carboxylic acid groups (broad SMARTS) is 1. The van der Waals surface area contributed by atoms with Crippen LogP contribution in [-0.4, -0.2) is 29.2 Å². The number of aromatic carboxylic acids is 1. The summed E-state index contributed by atoms with van der Waals surface area (Å²) in [7, 11) is -4.56. The summed E-state index contributed by atoms with van der Waals surface area (Å²) in [5.74, 6) is -1.90. The van der Waals surface area contributed by atoms with Gasteiger partial charge in [-0.25, -0.2) is 4.79 Å². The van der Waals surface area contributed by atoms with Crippen molar-refractivity contribution in [1.82, 2.24) is 0 Å². The van der Waals surface area contributed by atoms with E-state index in [0.29, 0.717) is 29.2 Å². The summed E-state index contributed by atoms with van der Waals surface area (Å²) in [6.07, 6.45) is 2.93. The van der Waals surface area contributed by atoms with Gasteiger partial charge in [-0.2, -0.15) is 8.42 Å². The monoisotopic (exact) mass is 426 g/mol. The van der Waals surface area contributed by atoms with Gasteiger partial charge in [-0.15, -0.1) is 10.2 Å². The van der Waals surface area contributed by atoms with Gasteiger partial charge in [0.25, 0.3) is 10.1 Å². The lowest BCUT2D eigenvalue weighted by Gasteiger charge is -2.19. The minimum atomic E-state index is -4.56. The molecule has 0 saturated heterocycles. The second-order valence-electron chi connectivity index (χ2n) is 7.08. The molecule has 1 aliphatic rings. The van der Waals surface area contributed by atoms with Gasteiger partial charge in [-0.1, -0.05) is 30.3 Å². The van der Waals surface area contributed by atoms with Crippen LogP contribution in [-0.2, 0) is 23.0 Å². The molecule has 9 heteroatoms. The van der Waals surface area contributed by atoms with Crippen molar-refractivity contribution in [3.05, 3.63) is 59.2 Å². The number of carboxylic acids is 1. The van der Waals surface area contributed by atoms with Crippen molar-refractivity contribution in [1.29, 1.82) is 0 Å². The highest BCUT2D eigenvalue weighted by Crippen LogP contribution is 2.41. The number of nitrogens with zero attached hydrogens (tertiary/aromatic N) is 2. The number of hydrogen-bond acceptors (Lipinski definition) is 6. The van der Waals surface area contributed by atoms with Crippen molar-refractivity contribution in [3.63, 3.8) is 0 Å². The van der Waals surface area contributed by atoms with E-state index in [2.05, 4.69) is 10.2 Å². The number of aromatic hydroxyl groups is 1. The molecule has 4 rings (SSSR count). The molecule has 0 radical (unpaired) electrons. The first-order valence-electron chi connectivity index (χ1n) is 9.29. The highest BCUT2D eigenvalue weighted by Gasteiger charge is 2.25. The predicted molar refractivity (Wildman–Crippen MR) is 110 cm³/mol. The molecule has 3 N–H and O–H groups in total. The average molecular weight is 426 g/mol. The van der Waals surface area contributed by atoms with Crippen molar-refractivity contribution in [3.8, 4) is 5.75 Å². The summed E-state index contributed by atoms with van der Waals surface area (Å²) in [5.41, 5.74) is 0.859. The summed E-state index contributed by atoms with van der Waals surface area (Å²) < 4.78 is 34.0. The first kappa shape index (κ1) is 20.0. The third-order valence-electron chi connectivity index (χ3n) is 5.20. The first-order valence-corrected chi connectivity index (χ1v) is 10.7. The molecule has 3 aromatic rings. The molecule has 30 heavy (non-hydrogen) atoms. The SMILES string of the molecule is O=C(O)c1cc2ccccc2c(N=Nc2ccc3c(c2S(=O)(=O)O)CCCC3)c1O. The molecule has 0 aliphatic heterocycles. The first-order chi connectivity index (χ1) is 14.3. The maximum Gasteiger partial charge on any atom is 0.339 e. The normalized spacial score (nSPS) is 14.2. The zero-order valence-corrected chi connectivity index (χ0v) is 16.6. The Morgan fingerprint density at radius 3 is 2.47 bits per heavy atom. The van der Waals surface area contributed by atoms with E-state index in [4.69, 9.17) is 0 Å². The molecule has 154 valence electrons. The largest absolute Gasteiger partial charge is 0.505 e. The van der Waals surface area contributed by atoms with Crippen molar-refractivity contribution >= 4 is 38.2 Å². The van der Waals surface area contributed by atoms with Crippen LogP contribution in [0.3, 0.4) is 0 Å². The summed E-state index contributed by atoms with van der Waals surface area (Å²) in [5, 5.41) is 28.8. The minimum Gasteiger partial charge on any atom is -0.505 e. The van der Waals surface area contributed by atoms with Gasteiger partial charge >= 0.3 is 5.97 Å². The Kier molecular flexibility index (Phi) is 5.00. The summed E-state index contributed by atoms with van der Waals surface area (Å²) in [6.45, 7) is 0. The summed E-state index contributed by atoms with van der Waals surface area (Å²) >= 11 is 0. The molecule has 0 amide bonds. The molecular weight excluding hydrogens is 408 g/mol. The predicted octanol–water partition coefficient (Wildman–Crippen LogP) is 4.78. The minimum absolute atomic E-state index is 0.0673. The number of rotatable bonds is 4. The van der Waals surface area contributed by atoms with Crippen molar-refractivity contribution in [2.75, 3.05) is 0 Å². The lowest BCUT2D eigenvalue weighted by molar-refractivity contribution is 0.0694. The molecule has 3 aromatic carbocycles. The van der Waals surface area contributed by atoms with Gasteiger partial charge in [0.1, 0.15) is 21.8 Å². The maximum absolute atomic E-state index is 12.1. The Hall–Kier alpha value is -3.30. The van der Waals surface area contributed by atoms with Crippen LogP contribution in [0, 0.1) is 0 Å². The number of azo groups is 1. The summed E-state index contributed by atoms with van der Waals surface area (Å²) in [6, 6.07) is 11.3. The quantitative estimate of drug-likeness (QED) is 0.405. The number of fused-ring (bicyclic) bond motifs is 2. The lowest BCUT2D eigenvalue weighted by Crippen LogP contribution is -2.10. The van der Waals surface area contributed by atoms with Crippen molar-refractivity contribution in [2.45, 2.75) is 30.6 Å². The van der Waals surface area contributed by atoms with Gasteiger partial charge in [0, 0.05) is 5.39 Å². The van der Waals surface area contributed by atoms with Gasteiger partial charge in [0.15, 0.2) is 5.75 Å². The maximum atomic E-state index is 12.1. The third-order valence-corrected chi connectivity index (χ3v) is 6.17. The van der Waals surface area contributed by atoms with Crippen LogP contribution in [0.1, 0.15) is 34.3 Å². The molecule has 0 saturated carbocycles. The zero-order valence-electron chi connectivity index (χ0n) is 15.7. The van der Waals surface area contributed by atoms with Crippen LogP contribution in [0.25, 0.3) is 10.8 Å². The van der Waals surface area contributed by atoms with Crippen LogP contribution in [0.5, 0.6) is 5.75 Å². The average Bonchev–Trinajstić information content (AvgIpc) is 2.71. The number of benzene rings is 3. The van der Waals surface area contributed by atoms with E-state index in [1.807, 2.05) is 0 Å². The van der Waals surface area contributed by atoms with E-state index in [1.54, 1.807) is 30.3 Å². The van der Waals surface area contributed by atoms with E-state index in [0.717, 1.165) is 18.4 Å². The number of hydrogen-bond donors (Lipinski definition) is 3. The molecule has 0 spiro atoms. The highest BCUT2D eigenvalue weighted by atomic mass is 32.2. The van der Waals surface area contributed by atoms with Crippen molar-refractivity contribution in [2.24, 2.45) is 10.2 Å². The Bertz CT molecular complexity index is 1310. The van der Waals surface area contributed by atoms with Crippen LogP contribution >= 0.6 is 0 Å². The van der Waals surface area contributed by atoms with Gasteiger partial charge < -0.3 is 10.2 Å². The number of aryl methyl sites for hydroxylation is 1. The fraction of sp³-hybridized carbons (Fsp3) is 0.190. The van der Waals surface area contributed by atoms with E-state index in [-0.39, 0.29) is 21.8 Å². The fourth-order valence-electron chi connectivity index (χ4n) is 3.83. The van der Waals surface area contributed by atoms with Crippen LogP contribution in [0.2, 0.25) is 0 Å². The van der Waals surface area contributed by atoms with Crippen molar-refractivity contribution < 1.29 is 28.0 Å². The van der Waals surface area contributed by atoms with E-state index in [9.17, 15) is 28.0 Å². The van der Waals surface area contributed by atoms with Crippen LogP contribution in [0.4, 0.5) is 11.4 Å². The molecular formula is C21H18N2O6S. The molecule has 0 unspecified atom stereocenters. The highest BCUT2D eigenvalue weighted by molar-refractivity contribution is 7.86. The smallest absolute Gasteiger partial charge is 0.339 e.